The van der Waals surface area contributed by atoms with Gasteiger partial charge in [-0.25, -0.2) is 0 Å². The highest BCUT2D eigenvalue weighted by Gasteiger charge is 2.06. The van der Waals surface area contributed by atoms with Crippen LogP contribution in [0.5, 0.6) is 0 Å². The minimum Gasteiger partial charge on any atom is -0.257 e. The van der Waals surface area contributed by atoms with Gasteiger partial charge in [-0.2, -0.15) is 4.98 Å². The third-order valence-corrected chi connectivity index (χ3v) is 3.78. The summed E-state index contributed by atoms with van der Waals surface area (Å²) < 4.78 is 0. The summed E-state index contributed by atoms with van der Waals surface area (Å²) in [5.74, 6) is 1.57. The molecular weight excluding hydrogens is 268 g/mol. The summed E-state index contributed by atoms with van der Waals surface area (Å²) in [6.45, 7) is 2.09. The van der Waals surface area contributed by atoms with Gasteiger partial charge in [0.15, 0.2) is 5.82 Å². The first kappa shape index (κ1) is 12.9. The highest BCUT2D eigenvalue weighted by Crippen LogP contribution is 2.21. The van der Waals surface area contributed by atoms with Gasteiger partial charge in [0.25, 0.3) is 0 Å². The minimum absolute atomic E-state index is 0.706. The lowest BCUT2D eigenvalue weighted by molar-refractivity contribution is 0.973. The molecule has 4 nitrogen and oxygen atoms in total. The van der Waals surface area contributed by atoms with Gasteiger partial charge >= 0.3 is 0 Å². The summed E-state index contributed by atoms with van der Waals surface area (Å²) in [5, 5.41) is 7.88. The number of benzene rings is 1. The number of thioether (sulfide) groups is 1. The Morgan fingerprint density at radius 3 is 2.70 bits per heavy atom. The summed E-state index contributed by atoms with van der Waals surface area (Å²) in [6.07, 6.45) is 1.75. The molecule has 2 aromatic heterocycles. The summed E-state index contributed by atoms with van der Waals surface area (Å²) >= 11 is 1.61. The monoisotopic (exact) mass is 282 g/mol. The second-order valence-corrected chi connectivity index (χ2v) is 5.40. The normalized spacial score (nSPS) is 10.7. The van der Waals surface area contributed by atoms with E-state index in [1.807, 2.05) is 18.2 Å². The lowest BCUT2D eigenvalue weighted by Crippen LogP contribution is -1.84. The molecule has 0 spiro atoms. The van der Waals surface area contributed by atoms with Crippen LogP contribution in [0.2, 0.25) is 0 Å². The van der Waals surface area contributed by atoms with Crippen LogP contribution < -0.4 is 0 Å². The number of hydrogen-bond acceptors (Lipinski definition) is 4. The Balaban J connectivity index is 1.67. The standard InChI is InChI=1S/C15H14N4S/c1-11-5-7-12(8-6-11)10-20-15-17-14(18-19-15)13-4-2-3-9-16-13/h2-9H,10H2,1H3,(H,17,18,19). The van der Waals surface area contributed by atoms with Crippen LogP contribution in [0.4, 0.5) is 0 Å². The van der Waals surface area contributed by atoms with Gasteiger partial charge in [-0.05, 0) is 24.6 Å². The molecule has 100 valence electrons. The van der Waals surface area contributed by atoms with Crippen molar-refractivity contribution in [2.45, 2.75) is 17.8 Å². The molecule has 5 heteroatoms. The van der Waals surface area contributed by atoms with E-state index in [2.05, 4.69) is 51.4 Å². The van der Waals surface area contributed by atoms with Crippen molar-refractivity contribution in [1.29, 1.82) is 0 Å². The molecule has 1 aromatic carbocycles. The number of aromatic amines is 1. The Morgan fingerprint density at radius 1 is 1.10 bits per heavy atom. The maximum Gasteiger partial charge on any atom is 0.209 e. The predicted octanol–water partition coefficient (Wildman–Crippen LogP) is 3.47. The molecule has 3 aromatic rings. The predicted molar refractivity (Wildman–Crippen MR) is 80.4 cm³/mol. The first-order valence-electron chi connectivity index (χ1n) is 6.33. The summed E-state index contributed by atoms with van der Waals surface area (Å²) in [4.78, 5) is 8.69. The van der Waals surface area contributed by atoms with Crippen LogP contribution in [-0.2, 0) is 5.75 Å². The Morgan fingerprint density at radius 2 is 1.95 bits per heavy atom. The molecule has 0 saturated carbocycles. The third-order valence-electron chi connectivity index (χ3n) is 2.86. The zero-order valence-corrected chi connectivity index (χ0v) is 11.9. The minimum atomic E-state index is 0.706. The van der Waals surface area contributed by atoms with Crippen LogP contribution in [0.3, 0.4) is 0 Å². The number of nitrogens with one attached hydrogen (secondary N) is 1. The van der Waals surface area contributed by atoms with Crippen molar-refractivity contribution < 1.29 is 0 Å². The van der Waals surface area contributed by atoms with E-state index in [0.717, 1.165) is 16.6 Å². The highest BCUT2D eigenvalue weighted by molar-refractivity contribution is 7.98. The summed E-state index contributed by atoms with van der Waals surface area (Å²) in [6, 6.07) is 14.2. The van der Waals surface area contributed by atoms with Gasteiger partial charge in [0.05, 0.1) is 0 Å². The molecule has 0 saturated heterocycles. The molecule has 1 N–H and O–H groups in total. The van der Waals surface area contributed by atoms with E-state index >= 15 is 0 Å². The number of aryl methyl sites for hydroxylation is 1. The lowest BCUT2D eigenvalue weighted by atomic mass is 10.2. The maximum atomic E-state index is 4.45. The van der Waals surface area contributed by atoms with Gasteiger partial charge < -0.3 is 0 Å². The van der Waals surface area contributed by atoms with E-state index in [4.69, 9.17) is 0 Å². The van der Waals surface area contributed by atoms with E-state index in [1.54, 1.807) is 18.0 Å². The SMILES string of the molecule is Cc1ccc(CSc2n[nH]c(-c3ccccn3)n2)cc1. The van der Waals surface area contributed by atoms with Crippen molar-refractivity contribution in [3.05, 3.63) is 59.8 Å². The van der Waals surface area contributed by atoms with E-state index in [1.165, 1.54) is 11.1 Å². The molecule has 0 atom stereocenters. The Kier molecular flexibility index (Phi) is 3.78. The van der Waals surface area contributed by atoms with Gasteiger partial charge in [0.2, 0.25) is 5.16 Å². The molecular formula is C15H14N4S. The molecule has 0 aliphatic carbocycles. The zero-order valence-electron chi connectivity index (χ0n) is 11.1. The molecule has 0 fully saturated rings. The molecule has 0 amide bonds. The van der Waals surface area contributed by atoms with Crippen LogP contribution in [0.15, 0.2) is 53.8 Å². The van der Waals surface area contributed by atoms with Crippen LogP contribution in [0, 0.1) is 6.92 Å². The number of aromatic nitrogens is 4. The first-order chi connectivity index (χ1) is 9.81. The van der Waals surface area contributed by atoms with Crippen LogP contribution in [0.25, 0.3) is 11.5 Å². The van der Waals surface area contributed by atoms with Crippen molar-refractivity contribution in [3.8, 4) is 11.5 Å². The molecule has 0 aliphatic rings. The maximum absolute atomic E-state index is 4.45. The number of nitrogens with zero attached hydrogens (tertiary/aromatic N) is 3. The van der Waals surface area contributed by atoms with Crippen molar-refractivity contribution in [2.24, 2.45) is 0 Å². The van der Waals surface area contributed by atoms with Gasteiger partial charge in [0, 0.05) is 11.9 Å². The molecule has 0 radical (unpaired) electrons. The smallest absolute Gasteiger partial charge is 0.209 e. The van der Waals surface area contributed by atoms with E-state index < -0.39 is 0 Å². The van der Waals surface area contributed by atoms with Crippen molar-refractivity contribution >= 4 is 11.8 Å². The van der Waals surface area contributed by atoms with Gasteiger partial charge in [0.1, 0.15) is 5.69 Å². The molecule has 0 unspecified atom stereocenters. The second-order valence-electron chi connectivity index (χ2n) is 4.46. The second kappa shape index (κ2) is 5.88. The van der Waals surface area contributed by atoms with E-state index in [-0.39, 0.29) is 0 Å². The van der Waals surface area contributed by atoms with E-state index in [9.17, 15) is 0 Å². The van der Waals surface area contributed by atoms with Crippen LogP contribution >= 0.6 is 11.8 Å². The first-order valence-corrected chi connectivity index (χ1v) is 7.32. The third kappa shape index (κ3) is 3.05. The Hall–Kier alpha value is -2.14. The van der Waals surface area contributed by atoms with Gasteiger partial charge in [-0.3, -0.25) is 10.1 Å². The molecule has 20 heavy (non-hydrogen) atoms. The lowest BCUT2D eigenvalue weighted by Gasteiger charge is -1.98. The van der Waals surface area contributed by atoms with Crippen LogP contribution in [0.1, 0.15) is 11.1 Å². The highest BCUT2D eigenvalue weighted by atomic mass is 32.2. The molecule has 0 bridgehead atoms. The number of rotatable bonds is 4. The Labute approximate surface area is 121 Å². The number of pyridine rings is 1. The van der Waals surface area contributed by atoms with Crippen molar-refractivity contribution in [2.75, 3.05) is 0 Å². The fraction of sp³-hybridized carbons (Fsp3) is 0.133. The fourth-order valence-electron chi connectivity index (χ4n) is 1.76. The molecule has 0 aliphatic heterocycles. The average Bonchev–Trinajstić information content (AvgIpc) is 2.97. The Bertz CT molecular complexity index is 677. The van der Waals surface area contributed by atoms with Crippen LogP contribution in [-0.4, -0.2) is 20.2 Å². The molecule has 3 rings (SSSR count). The topological polar surface area (TPSA) is 54.5 Å². The molecule has 2 heterocycles. The quantitative estimate of drug-likeness (QED) is 0.744. The fourth-order valence-corrected chi connectivity index (χ4v) is 2.51. The van der Waals surface area contributed by atoms with Crippen molar-refractivity contribution in [1.82, 2.24) is 20.2 Å². The van der Waals surface area contributed by atoms with Gasteiger partial charge in [-0.15, -0.1) is 5.10 Å². The summed E-state index contributed by atoms with van der Waals surface area (Å²) in [7, 11) is 0. The number of hydrogen-bond donors (Lipinski definition) is 1. The summed E-state index contributed by atoms with van der Waals surface area (Å²) in [5.41, 5.74) is 3.35. The average molecular weight is 282 g/mol. The van der Waals surface area contributed by atoms with E-state index in [0.29, 0.717) is 5.82 Å². The zero-order chi connectivity index (χ0) is 13.8. The van der Waals surface area contributed by atoms with Gasteiger partial charge in [-0.1, -0.05) is 47.7 Å². The largest absolute Gasteiger partial charge is 0.257 e. The van der Waals surface area contributed by atoms with Crippen molar-refractivity contribution in [3.63, 3.8) is 0 Å². The number of H-pyrrole nitrogens is 1.